The van der Waals surface area contributed by atoms with Crippen molar-refractivity contribution in [2.75, 3.05) is 0 Å². The van der Waals surface area contributed by atoms with E-state index in [-0.39, 0.29) is 5.38 Å². The van der Waals surface area contributed by atoms with Gasteiger partial charge in [-0.2, -0.15) is 11.3 Å². The van der Waals surface area contributed by atoms with Crippen LogP contribution in [-0.4, -0.2) is 0 Å². The van der Waals surface area contributed by atoms with E-state index in [1.54, 1.807) is 22.7 Å². The minimum absolute atomic E-state index is 0.0277. The maximum Gasteiger partial charge on any atom is 0.0938 e. The van der Waals surface area contributed by atoms with Crippen LogP contribution in [0.25, 0.3) is 0 Å². The molecule has 1 atom stereocenters. The van der Waals surface area contributed by atoms with Crippen LogP contribution in [-0.2, 0) is 0 Å². The first-order valence-electron chi connectivity index (χ1n) is 4.41. The van der Waals surface area contributed by atoms with E-state index in [9.17, 15) is 0 Å². The van der Waals surface area contributed by atoms with Crippen molar-refractivity contribution < 1.29 is 0 Å². The third kappa shape index (κ3) is 1.88. The summed E-state index contributed by atoms with van der Waals surface area (Å²) in [5.41, 5.74) is 2.54. The molecule has 14 heavy (non-hydrogen) atoms. The van der Waals surface area contributed by atoms with E-state index in [1.165, 1.54) is 20.9 Å². The summed E-state index contributed by atoms with van der Waals surface area (Å²) in [6.45, 7) is 4.22. The Bertz CT molecular complexity index is 428. The van der Waals surface area contributed by atoms with Gasteiger partial charge in [-0.3, -0.25) is 0 Å². The van der Waals surface area contributed by atoms with E-state index >= 15 is 0 Å². The Morgan fingerprint density at radius 3 is 2.50 bits per heavy atom. The van der Waals surface area contributed by atoms with Crippen molar-refractivity contribution >= 4 is 34.3 Å². The molecule has 0 aromatic carbocycles. The zero-order chi connectivity index (χ0) is 10.1. The van der Waals surface area contributed by atoms with Gasteiger partial charge in [0.25, 0.3) is 0 Å². The third-order valence-corrected chi connectivity index (χ3v) is 4.72. The maximum absolute atomic E-state index is 6.41. The van der Waals surface area contributed by atoms with Crippen LogP contribution in [0.1, 0.15) is 26.3 Å². The minimum atomic E-state index is 0.0277. The lowest BCUT2D eigenvalue weighted by Crippen LogP contribution is -1.89. The number of rotatable bonds is 2. The summed E-state index contributed by atoms with van der Waals surface area (Å²) < 4.78 is 0. The van der Waals surface area contributed by atoms with E-state index in [4.69, 9.17) is 11.6 Å². The Labute approximate surface area is 97.2 Å². The summed E-state index contributed by atoms with van der Waals surface area (Å²) in [6.07, 6.45) is 0. The molecule has 0 saturated carbocycles. The van der Waals surface area contributed by atoms with Crippen LogP contribution in [0, 0.1) is 13.8 Å². The van der Waals surface area contributed by atoms with Crippen LogP contribution >= 0.6 is 34.3 Å². The largest absolute Gasteiger partial charge is 0.152 e. The number of hydrogen-bond donors (Lipinski definition) is 0. The van der Waals surface area contributed by atoms with Gasteiger partial charge in [-0.25, -0.2) is 0 Å². The van der Waals surface area contributed by atoms with Crippen LogP contribution in [0.2, 0.25) is 0 Å². The van der Waals surface area contributed by atoms with Crippen molar-refractivity contribution in [2.45, 2.75) is 19.2 Å². The minimum Gasteiger partial charge on any atom is -0.152 e. The molecule has 0 radical (unpaired) electrons. The zero-order valence-electron chi connectivity index (χ0n) is 8.08. The van der Waals surface area contributed by atoms with Crippen LogP contribution in [0.15, 0.2) is 22.9 Å². The molecule has 0 aliphatic rings. The molecule has 0 N–H and O–H groups in total. The zero-order valence-corrected chi connectivity index (χ0v) is 10.5. The van der Waals surface area contributed by atoms with Crippen molar-refractivity contribution in [1.29, 1.82) is 0 Å². The summed E-state index contributed by atoms with van der Waals surface area (Å²) in [5, 5.41) is 4.31. The molecule has 1 unspecified atom stereocenters. The molecule has 0 fully saturated rings. The number of hydrogen-bond acceptors (Lipinski definition) is 2. The third-order valence-electron chi connectivity index (χ3n) is 2.18. The molecule has 3 heteroatoms. The van der Waals surface area contributed by atoms with Crippen LogP contribution in [0.3, 0.4) is 0 Å². The summed E-state index contributed by atoms with van der Waals surface area (Å²) in [7, 11) is 0. The Balaban J connectivity index is 2.33. The van der Waals surface area contributed by atoms with Crippen molar-refractivity contribution in [3.63, 3.8) is 0 Å². The van der Waals surface area contributed by atoms with Crippen LogP contribution in [0.4, 0.5) is 0 Å². The lowest BCUT2D eigenvalue weighted by molar-refractivity contribution is 1.17. The van der Waals surface area contributed by atoms with E-state index in [2.05, 4.69) is 36.7 Å². The molecule has 74 valence electrons. The number of alkyl halides is 1. The number of halogens is 1. The molecular weight excluding hydrogens is 232 g/mol. The first-order chi connectivity index (χ1) is 6.68. The second-order valence-corrected chi connectivity index (χ2v) is 5.82. The van der Waals surface area contributed by atoms with Gasteiger partial charge < -0.3 is 0 Å². The fraction of sp³-hybridized carbons (Fsp3) is 0.273. The predicted molar refractivity (Wildman–Crippen MR) is 65.8 cm³/mol. The lowest BCUT2D eigenvalue weighted by Gasteiger charge is -2.06. The average Bonchev–Trinajstić information content (AvgIpc) is 2.73. The molecular formula is C11H11ClS2. The van der Waals surface area contributed by atoms with Gasteiger partial charge in [-0.15, -0.1) is 22.9 Å². The Kier molecular flexibility index (Phi) is 2.96. The van der Waals surface area contributed by atoms with Crippen molar-refractivity contribution in [1.82, 2.24) is 0 Å². The van der Waals surface area contributed by atoms with Gasteiger partial charge in [0.2, 0.25) is 0 Å². The normalized spacial score (nSPS) is 13.1. The van der Waals surface area contributed by atoms with Gasteiger partial charge in [0, 0.05) is 9.75 Å². The highest BCUT2D eigenvalue weighted by atomic mass is 35.5. The molecule has 2 rings (SSSR count). The summed E-state index contributed by atoms with van der Waals surface area (Å²) in [6, 6.07) is 4.24. The fourth-order valence-corrected chi connectivity index (χ4v) is 3.64. The molecule has 0 aliphatic heterocycles. The molecule has 2 aromatic heterocycles. The summed E-state index contributed by atoms with van der Waals surface area (Å²) in [5.74, 6) is 0. The van der Waals surface area contributed by atoms with Gasteiger partial charge in [-0.1, -0.05) is 0 Å². The monoisotopic (exact) mass is 242 g/mol. The van der Waals surface area contributed by atoms with Gasteiger partial charge >= 0.3 is 0 Å². The van der Waals surface area contributed by atoms with Gasteiger partial charge in [0.15, 0.2) is 0 Å². The molecule has 0 aliphatic carbocycles. The van der Waals surface area contributed by atoms with Gasteiger partial charge in [0.05, 0.1) is 5.38 Å². The Morgan fingerprint density at radius 1 is 1.21 bits per heavy atom. The van der Waals surface area contributed by atoms with E-state index in [0.29, 0.717) is 0 Å². The molecule has 0 nitrogen and oxygen atoms in total. The number of thiophene rings is 2. The molecule has 2 heterocycles. The summed E-state index contributed by atoms with van der Waals surface area (Å²) >= 11 is 9.90. The fourth-order valence-electron chi connectivity index (χ4n) is 1.37. The van der Waals surface area contributed by atoms with Crippen molar-refractivity contribution in [3.8, 4) is 0 Å². The first-order valence-corrected chi connectivity index (χ1v) is 6.61. The number of aryl methyl sites for hydroxylation is 2. The molecule has 0 saturated heterocycles. The summed E-state index contributed by atoms with van der Waals surface area (Å²) in [4.78, 5) is 2.56. The smallest absolute Gasteiger partial charge is 0.0938 e. The Hall–Kier alpha value is -0.310. The quantitative estimate of drug-likeness (QED) is 0.667. The standard InChI is InChI=1S/C11H11ClS2/c1-7-5-13-6-9(7)11(12)10-4-3-8(2)14-10/h3-6,11H,1-2H3. The van der Waals surface area contributed by atoms with E-state index in [1.807, 2.05) is 0 Å². The highest BCUT2D eigenvalue weighted by Crippen LogP contribution is 2.36. The highest BCUT2D eigenvalue weighted by Gasteiger charge is 2.15. The maximum atomic E-state index is 6.41. The predicted octanol–water partition coefficient (Wildman–Crippen LogP) is 4.75. The SMILES string of the molecule is Cc1ccc(C(Cl)c2cscc2C)s1. The molecule has 0 bridgehead atoms. The topological polar surface area (TPSA) is 0 Å². The van der Waals surface area contributed by atoms with Crippen molar-refractivity contribution in [3.05, 3.63) is 43.8 Å². The highest BCUT2D eigenvalue weighted by molar-refractivity contribution is 7.12. The van der Waals surface area contributed by atoms with Gasteiger partial charge in [0.1, 0.15) is 0 Å². The van der Waals surface area contributed by atoms with Crippen LogP contribution in [0.5, 0.6) is 0 Å². The molecule has 0 amide bonds. The second kappa shape index (κ2) is 4.05. The lowest BCUT2D eigenvalue weighted by atomic mass is 10.1. The molecule has 0 spiro atoms. The van der Waals surface area contributed by atoms with Gasteiger partial charge in [-0.05, 0) is 47.9 Å². The Morgan fingerprint density at radius 2 is 2.00 bits per heavy atom. The van der Waals surface area contributed by atoms with Crippen LogP contribution < -0.4 is 0 Å². The first kappa shape index (κ1) is 10.2. The second-order valence-electron chi connectivity index (χ2n) is 3.32. The van der Waals surface area contributed by atoms with Crippen molar-refractivity contribution in [2.24, 2.45) is 0 Å². The van der Waals surface area contributed by atoms with E-state index < -0.39 is 0 Å². The van der Waals surface area contributed by atoms with E-state index in [0.717, 1.165) is 0 Å². The average molecular weight is 243 g/mol. The molecule has 2 aromatic rings.